The number of hydrogen-bond donors (Lipinski definition) is 2. The van der Waals surface area contributed by atoms with Gasteiger partial charge in [-0.25, -0.2) is 4.98 Å². The number of aromatic hydroxyl groups is 1. The van der Waals surface area contributed by atoms with Crippen molar-refractivity contribution in [2.75, 3.05) is 13.1 Å². The van der Waals surface area contributed by atoms with Crippen LogP contribution in [0.1, 0.15) is 18.2 Å². The van der Waals surface area contributed by atoms with Crippen LogP contribution in [0.2, 0.25) is 0 Å². The van der Waals surface area contributed by atoms with Gasteiger partial charge in [0.15, 0.2) is 0 Å². The van der Waals surface area contributed by atoms with Crippen LogP contribution >= 0.6 is 15.9 Å². The lowest BCUT2D eigenvalue weighted by Crippen LogP contribution is -2.10. The van der Waals surface area contributed by atoms with E-state index >= 15 is 0 Å². The molecule has 0 aromatic carbocycles. The van der Waals surface area contributed by atoms with E-state index in [1.165, 1.54) is 0 Å². The van der Waals surface area contributed by atoms with Gasteiger partial charge in [0, 0.05) is 12.5 Å². The molecule has 1 saturated heterocycles. The van der Waals surface area contributed by atoms with E-state index in [0.29, 0.717) is 5.92 Å². The molecule has 3 heterocycles. The van der Waals surface area contributed by atoms with Gasteiger partial charge in [-0.2, -0.15) is 0 Å². The number of rotatable bonds is 1. The maximum atomic E-state index is 9.53. The van der Waals surface area contributed by atoms with Crippen molar-refractivity contribution in [2.24, 2.45) is 0 Å². The summed E-state index contributed by atoms with van der Waals surface area (Å²) in [5.74, 6) is 1.72. The molecule has 1 aliphatic rings. The molecule has 5 heteroatoms. The van der Waals surface area contributed by atoms with Gasteiger partial charge < -0.3 is 10.4 Å². The van der Waals surface area contributed by atoms with Crippen molar-refractivity contribution < 1.29 is 5.11 Å². The third-order valence-electron chi connectivity index (χ3n) is 3.03. The van der Waals surface area contributed by atoms with Crippen LogP contribution in [0.5, 0.6) is 5.75 Å². The normalized spacial score (nSPS) is 20.7. The van der Waals surface area contributed by atoms with E-state index in [1.807, 2.05) is 10.5 Å². The molecule has 0 radical (unpaired) electrons. The smallest absolute Gasteiger partial charge is 0.132 e. The van der Waals surface area contributed by atoms with Crippen molar-refractivity contribution in [3.05, 3.63) is 28.8 Å². The maximum absolute atomic E-state index is 9.53. The lowest BCUT2D eigenvalue weighted by molar-refractivity contribution is 0.471. The Kier molecular flexibility index (Phi) is 2.37. The van der Waals surface area contributed by atoms with Crippen LogP contribution in [0, 0.1) is 0 Å². The Morgan fingerprint density at radius 2 is 2.38 bits per heavy atom. The molecule has 0 spiro atoms. The van der Waals surface area contributed by atoms with Gasteiger partial charge in [0.2, 0.25) is 0 Å². The average molecular weight is 282 g/mol. The summed E-state index contributed by atoms with van der Waals surface area (Å²) >= 11 is 3.46. The van der Waals surface area contributed by atoms with Gasteiger partial charge in [0.25, 0.3) is 0 Å². The molecule has 4 nitrogen and oxygen atoms in total. The zero-order valence-electron chi connectivity index (χ0n) is 8.65. The molecule has 0 aliphatic carbocycles. The maximum Gasteiger partial charge on any atom is 0.132 e. The third-order valence-corrected chi connectivity index (χ3v) is 3.61. The number of imidazole rings is 1. The van der Waals surface area contributed by atoms with E-state index < -0.39 is 0 Å². The van der Waals surface area contributed by atoms with Crippen molar-refractivity contribution in [1.29, 1.82) is 0 Å². The lowest BCUT2D eigenvalue weighted by atomic mass is 10.1. The zero-order valence-corrected chi connectivity index (χ0v) is 10.2. The van der Waals surface area contributed by atoms with Crippen molar-refractivity contribution in [1.82, 2.24) is 14.7 Å². The van der Waals surface area contributed by atoms with Crippen LogP contribution in [-0.2, 0) is 0 Å². The monoisotopic (exact) mass is 281 g/mol. The van der Waals surface area contributed by atoms with Gasteiger partial charge in [0.1, 0.15) is 16.2 Å². The SMILES string of the molecule is Oc1ccc2c(Br)nc(C3CCNC3)n2c1. The standard InChI is InChI=1S/C11H12BrN3O/c12-10-9-2-1-8(16)6-15(9)11(14-10)7-3-4-13-5-7/h1-2,6-7,13,16H,3-5H2. The summed E-state index contributed by atoms with van der Waals surface area (Å²) in [5, 5.41) is 12.9. The number of halogens is 1. The Morgan fingerprint density at radius 1 is 1.50 bits per heavy atom. The highest BCUT2D eigenvalue weighted by atomic mass is 79.9. The summed E-state index contributed by atoms with van der Waals surface area (Å²) in [7, 11) is 0. The zero-order chi connectivity index (χ0) is 11.1. The van der Waals surface area contributed by atoms with Crippen molar-refractivity contribution in [3.8, 4) is 5.75 Å². The minimum Gasteiger partial charge on any atom is -0.506 e. The highest BCUT2D eigenvalue weighted by Gasteiger charge is 2.22. The highest BCUT2D eigenvalue weighted by molar-refractivity contribution is 9.10. The molecule has 2 aromatic heterocycles. The highest BCUT2D eigenvalue weighted by Crippen LogP contribution is 2.28. The summed E-state index contributed by atoms with van der Waals surface area (Å²) in [5.41, 5.74) is 1.000. The van der Waals surface area contributed by atoms with Crippen molar-refractivity contribution in [3.63, 3.8) is 0 Å². The molecule has 0 bridgehead atoms. The predicted octanol–water partition coefficient (Wildman–Crippen LogP) is 1.88. The molecule has 0 saturated carbocycles. The van der Waals surface area contributed by atoms with Gasteiger partial charge in [-0.3, -0.25) is 4.40 Å². The molecule has 2 N–H and O–H groups in total. The van der Waals surface area contributed by atoms with Gasteiger partial charge >= 0.3 is 0 Å². The van der Waals surface area contributed by atoms with Crippen LogP contribution < -0.4 is 5.32 Å². The topological polar surface area (TPSA) is 49.6 Å². The average Bonchev–Trinajstić information content (AvgIpc) is 2.86. The fourth-order valence-electron chi connectivity index (χ4n) is 2.22. The number of pyridine rings is 1. The number of fused-ring (bicyclic) bond motifs is 1. The van der Waals surface area contributed by atoms with Crippen LogP contribution in [0.4, 0.5) is 0 Å². The Morgan fingerprint density at radius 3 is 3.12 bits per heavy atom. The number of hydrogen-bond acceptors (Lipinski definition) is 3. The lowest BCUT2D eigenvalue weighted by Gasteiger charge is -2.07. The first-order valence-corrected chi connectivity index (χ1v) is 6.12. The van der Waals surface area contributed by atoms with Crippen molar-refractivity contribution in [2.45, 2.75) is 12.3 Å². The summed E-state index contributed by atoms with van der Waals surface area (Å²) in [6.45, 7) is 2.00. The predicted molar refractivity (Wildman–Crippen MR) is 64.8 cm³/mol. The number of nitrogens with zero attached hydrogens (tertiary/aromatic N) is 2. The van der Waals surface area contributed by atoms with Gasteiger partial charge in [-0.05, 0) is 41.0 Å². The third kappa shape index (κ3) is 1.51. The summed E-state index contributed by atoms with van der Waals surface area (Å²) < 4.78 is 2.81. The number of aromatic nitrogens is 2. The fraction of sp³-hybridized carbons (Fsp3) is 0.364. The van der Waals surface area contributed by atoms with E-state index in [4.69, 9.17) is 0 Å². The van der Waals surface area contributed by atoms with Gasteiger partial charge in [-0.1, -0.05) is 0 Å². The molecule has 1 unspecified atom stereocenters. The second-order valence-electron chi connectivity index (χ2n) is 4.09. The molecule has 1 atom stereocenters. The fourth-order valence-corrected chi connectivity index (χ4v) is 2.73. The van der Waals surface area contributed by atoms with E-state index in [9.17, 15) is 5.11 Å². The van der Waals surface area contributed by atoms with Crippen LogP contribution in [0.3, 0.4) is 0 Å². The Bertz CT molecular complexity index is 531. The van der Waals surface area contributed by atoms with E-state index in [2.05, 4.69) is 26.2 Å². The van der Waals surface area contributed by atoms with Crippen molar-refractivity contribution >= 4 is 21.4 Å². The first-order chi connectivity index (χ1) is 7.75. The minimum atomic E-state index is 0.268. The van der Waals surface area contributed by atoms with Crippen LogP contribution in [0.15, 0.2) is 22.9 Å². The molecular formula is C11H12BrN3O. The number of nitrogens with one attached hydrogen (secondary N) is 1. The van der Waals surface area contributed by atoms with E-state index in [0.717, 1.165) is 35.5 Å². The summed E-state index contributed by atoms with van der Waals surface area (Å²) in [6, 6.07) is 3.55. The quantitative estimate of drug-likeness (QED) is 0.839. The van der Waals surface area contributed by atoms with Crippen LogP contribution in [-0.4, -0.2) is 27.6 Å². The molecule has 3 rings (SSSR count). The van der Waals surface area contributed by atoms with E-state index in [1.54, 1.807) is 12.3 Å². The second-order valence-corrected chi connectivity index (χ2v) is 4.84. The second kappa shape index (κ2) is 3.75. The van der Waals surface area contributed by atoms with E-state index in [-0.39, 0.29) is 5.75 Å². The first kappa shape index (κ1) is 10.1. The Hall–Kier alpha value is -1.07. The van der Waals surface area contributed by atoms with Gasteiger partial charge in [0.05, 0.1) is 11.7 Å². The molecule has 2 aromatic rings. The minimum absolute atomic E-state index is 0.268. The molecule has 16 heavy (non-hydrogen) atoms. The Labute approximate surface area is 101 Å². The Balaban J connectivity index is 2.19. The van der Waals surface area contributed by atoms with Gasteiger partial charge in [-0.15, -0.1) is 0 Å². The summed E-state index contributed by atoms with van der Waals surface area (Å²) in [4.78, 5) is 4.54. The molecule has 84 valence electrons. The first-order valence-electron chi connectivity index (χ1n) is 5.33. The largest absolute Gasteiger partial charge is 0.506 e. The molecular weight excluding hydrogens is 270 g/mol. The molecule has 0 amide bonds. The molecule has 1 aliphatic heterocycles. The summed E-state index contributed by atoms with van der Waals surface area (Å²) in [6.07, 6.45) is 2.82. The van der Waals surface area contributed by atoms with Crippen LogP contribution in [0.25, 0.3) is 5.52 Å². The molecule has 1 fully saturated rings.